The van der Waals surface area contributed by atoms with Gasteiger partial charge in [0, 0.05) is 13.0 Å². The second kappa shape index (κ2) is 7.15. The van der Waals surface area contributed by atoms with Crippen LogP contribution in [0.4, 0.5) is 0 Å². The number of aromatic amines is 1. The van der Waals surface area contributed by atoms with Gasteiger partial charge < -0.3 is 10.6 Å². The van der Waals surface area contributed by atoms with E-state index in [0.717, 1.165) is 43.8 Å². The Labute approximate surface area is 136 Å². The van der Waals surface area contributed by atoms with Gasteiger partial charge in [-0.2, -0.15) is 5.10 Å². The molecule has 1 aromatic rings. The molecule has 2 amide bonds. The average Bonchev–Trinajstić information content (AvgIpc) is 3.24. The topological polar surface area (TPSA) is 92.1 Å². The van der Waals surface area contributed by atoms with Crippen LogP contribution in [0.2, 0.25) is 0 Å². The highest BCUT2D eigenvalue weighted by atomic mass is 16.2. The molecule has 2 aliphatic rings. The van der Waals surface area contributed by atoms with Gasteiger partial charge in [0.15, 0.2) is 0 Å². The summed E-state index contributed by atoms with van der Waals surface area (Å²) in [6.07, 6.45) is 9.87. The molecule has 1 saturated heterocycles. The Hall–Kier alpha value is -1.85. The maximum atomic E-state index is 12.7. The van der Waals surface area contributed by atoms with Gasteiger partial charge >= 0.3 is 0 Å². The van der Waals surface area contributed by atoms with Crippen molar-refractivity contribution in [3.05, 3.63) is 17.5 Å². The number of nitrogens with two attached hydrogens (primary N) is 1. The number of nitrogens with zero attached hydrogens (tertiary/aromatic N) is 2. The number of H-pyrrole nitrogens is 1. The number of amides is 2. The molecule has 1 aliphatic heterocycles. The van der Waals surface area contributed by atoms with Gasteiger partial charge in [-0.15, -0.1) is 0 Å². The average molecular weight is 318 g/mol. The lowest BCUT2D eigenvalue weighted by Crippen LogP contribution is -2.38. The number of likely N-dealkylation sites (tertiary alicyclic amines) is 1. The smallest absolute Gasteiger partial charge is 0.269 e. The van der Waals surface area contributed by atoms with Crippen molar-refractivity contribution < 1.29 is 9.59 Å². The Morgan fingerprint density at radius 2 is 1.96 bits per heavy atom. The first-order valence-corrected chi connectivity index (χ1v) is 8.79. The molecule has 1 unspecified atom stereocenters. The zero-order valence-corrected chi connectivity index (χ0v) is 13.6. The lowest BCUT2D eigenvalue weighted by atomic mass is 9.96. The number of piperidine rings is 1. The van der Waals surface area contributed by atoms with Crippen LogP contribution in [0.1, 0.15) is 80.0 Å². The summed E-state index contributed by atoms with van der Waals surface area (Å²) in [4.78, 5) is 25.9. The fourth-order valence-electron chi connectivity index (χ4n) is 3.96. The monoisotopic (exact) mass is 318 g/mol. The molecule has 0 spiro atoms. The van der Waals surface area contributed by atoms with Crippen LogP contribution in [0.5, 0.6) is 0 Å². The van der Waals surface area contributed by atoms with Crippen LogP contribution in [0.15, 0.2) is 6.07 Å². The highest BCUT2D eigenvalue weighted by molar-refractivity contribution is 5.90. The number of nitrogens with one attached hydrogen (secondary N) is 1. The van der Waals surface area contributed by atoms with Crippen LogP contribution in [-0.4, -0.2) is 33.5 Å². The van der Waals surface area contributed by atoms with Gasteiger partial charge in [0.05, 0.1) is 11.7 Å². The molecule has 1 aromatic heterocycles. The first-order chi connectivity index (χ1) is 11.1. The predicted molar refractivity (Wildman–Crippen MR) is 86.6 cm³/mol. The van der Waals surface area contributed by atoms with Crippen LogP contribution in [-0.2, 0) is 4.79 Å². The summed E-state index contributed by atoms with van der Waals surface area (Å²) in [5, 5.41) is 6.85. The van der Waals surface area contributed by atoms with Crippen LogP contribution in [0.3, 0.4) is 0 Å². The van der Waals surface area contributed by atoms with E-state index in [0.29, 0.717) is 6.42 Å². The number of carbonyl (C=O) groups is 2. The minimum absolute atomic E-state index is 0.000396. The van der Waals surface area contributed by atoms with Crippen molar-refractivity contribution in [2.45, 2.75) is 63.8 Å². The molecule has 1 saturated carbocycles. The minimum Gasteiger partial charge on any atom is -0.364 e. The largest absolute Gasteiger partial charge is 0.364 e. The summed E-state index contributed by atoms with van der Waals surface area (Å²) in [5.41, 5.74) is 6.33. The Morgan fingerprint density at radius 1 is 1.22 bits per heavy atom. The molecular formula is C17H26N4O2. The summed E-state index contributed by atoms with van der Waals surface area (Å²) in [6, 6.07) is 1.69. The van der Waals surface area contributed by atoms with E-state index in [1.165, 1.54) is 25.7 Å². The molecule has 2 fully saturated rings. The quantitative estimate of drug-likeness (QED) is 0.873. The van der Waals surface area contributed by atoms with E-state index < -0.39 is 5.91 Å². The lowest BCUT2D eigenvalue weighted by Gasteiger charge is -2.35. The van der Waals surface area contributed by atoms with Gasteiger partial charge in [-0.05, 0) is 37.7 Å². The Kier molecular flexibility index (Phi) is 4.98. The molecule has 3 N–H and O–H groups in total. The molecule has 1 aliphatic carbocycles. The first-order valence-electron chi connectivity index (χ1n) is 8.79. The van der Waals surface area contributed by atoms with Crippen molar-refractivity contribution in [1.29, 1.82) is 0 Å². The van der Waals surface area contributed by atoms with Crippen LogP contribution in [0.25, 0.3) is 0 Å². The van der Waals surface area contributed by atoms with Gasteiger partial charge in [-0.1, -0.05) is 25.7 Å². The normalized spacial score (nSPS) is 22.4. The third kappa shape index (κ3) is 3.74. The van der Waals surface area contributed by atoms with Gasteiger partial charge in [0.2, 0.25) is 5.91 Å². The van der Waals surface area contributed by atoms with E-state index in [1.807, 2.05) is 4.90 Å². The zero-order valence-electron chi connectivity index (χ0n) is 13.6. The van der Waals surface area contributed by atoms with Crippen LogP contribution in [0, 0.1) is 5.92 Å². The predicted octanol–water partition coefficient (Wildman–Crippen LogP) is 2.53. The molecule has 1 atom stereocenters. The van der Waals surface area contributed by atoms with Crippen LogP contribution >= 0.6 is 0 Å². The highest BCUT2D eigenvalue weighted by Gasteiger charge is 2.30. The summed E-state index contributed by atoms with van der Waals surface area (Å²) < 4.78 is 0. The van der Waals surface area contributed by atoms with Crippen molar-refractivity contribution in [1.82, 2.24) is 15.1 Å². The summed E-state index contributed by atoms with van der Waals surface area (Å²) >= 11 is 0. The Balaban J connectivity index is 1.64. The second-order valence-electron chi connectivity index (χ2n) is 6.86. The highest BCUT2D eigenvalue weighted by Crippen LogP contribution is 2.33. The van der Waals surface area contributed by atoms with Crippen molar-refractivity contribution in [2.75, 3.05) is 6.54 Å². The standard InChI is InChI=1S/C17H26N4O2/c18-17(23)14-11-13(19-20-14)15-7-3-4-10-21(15)16(22)9-8-12-5-1-2-6-12/h11-12,15H,1-10H2,(H2,18,23)(H,19,20). The Morgan fingerprint density at radius 3 is 2.65 bits per heavy atom. The lowest BCUT2D eigenvalue weighted by molar-refractivity contribution is -0.135. The molecular weight excluding hydrogens is 292 g/mol. The van der Waals surface area contributed by atoms with Gasteiger partial charge in [-0.3, -0.25) is 14.7 Å². The summed E-state index contributed by atoms with van der Waals surface area (Å²) in [5.74, 6) is 0.426. The number of carbonyl (C=O) groups excluding carboxylic acids is 2. The van der Waals surface area contributed by atoms with Crippen LogP contribution < -0.4 is 5.73 Å². The molecule has 0 radical (unpaired) electrons. The molecule has 23 heavy (non-hydrogen) atoms. The maximum Gasteiger partial charge on any atom is 0.269 e. The molecule has 6 heteroatoms. The number of aromatic nitrogens is 2. The Bertz CT molecular complexity index is 563. The van der Waals surface area contributed by atoms with Crippen molar-refractivity contribution >= 4 is 11.8 Å². The molecule has 126 valence electrons. The molecule has 6 nitrogen and oxygen atoms in total. The fourth-order valence-corrected chi connectivity index (χ4v) is 3.96. The third-order valence-corrected chi connectivity index (χ3v) is 5.27. The van der Waals surface area contributed by atoms with E-state index in [4.69, 9.17) is 5.73 Å². The van der Waals surface area contributed by atoms with E-state index in [-0.39, 0.29) is 17.6 Å². The molecule has 3 rings (SSSR count). The van der Waals surface area contributed by atoms with E-state index in [2.05, 4.69) is 10.2 Å². The van der Waals surface area contributed by atoms with Gasteiger partial charge in [0.25, 0.3) is 5.91 Å². The van der Waals surface area contributed by atoms with Crippen molar-refractivity contribution in [2.24, 2.45) is 11.7 Å². The van der Waals surface area contributed by atoms with Crippen molar-refractivity contribution in [3.63, 3.8) is 0 Å². The first kappa shape index (κ1) is 16.0. The zero-order chi connectivity index (χ0) is 16.2. The van der Waals surface area contributed by atoms with Gasteiger partial charge in [-0.25, -0.2) is 0 Å². The summed E-state index contributed by atoms with van der Waals surface area (Å²) in [7, 11) is 0. The number of hydrogen-bond acceptors (Lipinski definition) is 3. The van der Waals surface area contributed by atoms with Crippen molar-refractivity contribution in [3.8, 4) is 0 Å². The number of hydrogen-bond donors (Lipinski definition) is 2. The number of primary amides is 1. The second-order valence-corrected chi connectivity index (χ2v) is 6.86. The van der Waals surface area contributed by atoms with E-state index in [9.17, 15) is 9.59 Å². The maximum absolute atomic E-state index is 12.7. The molecule has 0 aromatic carbocycles. The van der Waals surface area contributed by atoms with E-state index in [1.54, 1.807) is 6.07 Å². The summed E-state index contributed by atoms with van der Waals surface area (Å²) in [6.45, 7) is 0.791. The van der Waals surface area contributed by atoms with Gasteiger partial charge in [0.1, 0.15) is 5.69 Å². The fraction of sp³-hybridized carbons (Fsp3) is 0.706. The third-order valence-electron chi connectivity index (χ3n) is 5.27. The minimum atomic E-state index is -0.539. The molecule has 0 bridgehead atoms. The SMILES string of the molecule is NC(=O)c1cc(C2CCCCN2C(=O)CCC2CCCC2)[nH]n1. The van der Waals surface area contributed by atoms with E-state index >= 15 is 0 Å². The molecule has 2 heterocycles. The number of rotatable bonds is 5.